The van der Waals surface area contributed by atoms with Crippen LogP contribution in [0, 0.1) is 5.92 Å². The topological polar surface area (TPSA) is 41.4 Å². The van der Waals surface area contributed by atoms with Crippen LogP contribution in [0.5, 0.6) is 0 Å². The Morgan fingerprint density at radius 1 is 1.11 bits per heavy atom. The number of alkyl halides is 3. The zero-order chi connectivity index (χ0) is 19.4. The zero-order valence-corrected chi connectivity index (χ0v) is 15.9. The van der Waals surface area contributed by atoms with Crippen molar-refractivity contribution in [1.29, 1.82) is 0 Å². The summed E-state index contributed by atoms with van der Waals surface area (Å²) in [5, 5.41) is 7.16. The second-order valence-electron chi connectivity index (χ2n) is 6.32. The number of anilines is 3. The van der Waals surface area contributed by atoms with Crippen molar-refractivity contribution in [3.8, 4) is 0 Å². The smallest absolute Gasteiger partial charge is 0.332 e. The maximum Gasteiger partial charge on any atom is 0.392 e. The molecular weight excluding hydrogens is 397 g/mol. The van der Waals surface area contributed by atoms with Crippen LogP contribution in [-0.2, 0) is 0 Å². The average molecular weight is 416 g/mol. The maximum absolute atomic E-state index is 12.9. The van der Waals surface area contributed by atoms with Gasteiger partial charge in [0.05, 0.1) is 25.2 Å². The van der Waals surface area contributed by atoms with Crippen molar-refractivity contribution in [2.75, 3.05) is 28.6 Å². The van der Waals surface area contributed by atoms with E-state index in [0.717, 1.165) is 11.5 Å². The lowest BCUT2D eigenvalue weighted by atomic mass is 9.96. The zero-order valence-electron chi connectivity index (χ0n) is 14.3. The van der Waals surface area contributed by atoms with Crippen LogP contribution in [0.2, 0.25) is 5.02 Å². The number of aromatic nitrogens is 1. The Balaban J connectivity index is 1.66. The van der Waals surface area contributed by atoms with E-state index in [9.17, 15) is 13.2 Å². The van der Waals surface area contributed by atoms with Crippen molar-refractivity contribution < 1.29 is 18.2 Å². The standard InChI is InChI=1S/C18H18ClF3N4S/c19-13-3-5-14(6-4-13)24-17(27)25-15-2-1-9-23-16(15)26-10-7-12(8-11-26)18(20,21)22/h1-6,9,12H,7-8,10-11H2,(H2,24,25,27)/p+1. The molecule has 0 spiro atoms. The van der Waals surface area contributed by atoms with Gasteiger partial charge in [-0.3, -0.25) is 4.90 Å². The summed E-state index contributed by atoms with van der Waals surface area (Å²) < 4.78 is 38.6. The lowest BCUT2D eigenvalue weighted by molar-refractivity contribution is -0.363. The predicted octanol–water partition coefficient (Wildman–Crippen LogP) is 4.74. The van der Waals surface area contributed by atoms with Crippen LogP contribution in [0.3, 0.4) is 0 Å². The molecule has 9 heteroatoms. The third-order valence-electron chi connectivity index (χ3n) is 4.46. The molecule has 0 unspecified atom stereocenters. The SMILES string of the molecule is FC(F)(F)C1CCN(c2[nH+]cccc2NC(=S)Nc2ccc(Cl)cc2)CC1. The highest BCUT2D eigenvalue weighted by molar-refractivity contribution is 7.80. The maximum atomic E-state index is 12.9. The Labute approximate surface area is 165 Å². The fourth-order valence-corrected chi connectivity index (χ4v) is 3.39. The molecule has 3 N–H and O–H groups in total. The van der Waals surface area contributed by atoms with Gasteiger partial charge in [-0.2, -0.15) is 13.2 Å². The number of pyridine rings is 1. The van der Waals surface area contributed by atoms with Crippen LogP contribution in [0.4, 0.5) is 30.4 Å². The summed E-state index contributed by atoms with van der Waals surface area (Å²) >= 11 is 11.2. The number of thiocarbonyl (C=S) groups is 1. The third-order valence-corrected chi connectivity index (χ3v) is 4.91. The van der Waals surface area contributed by atoms with Gasteiger partial charge in [0.25, 0.3) is 5.82 Å². The molecule has 1 fully saturated rings. The van der Waals surface area contributed by atoms with Crippen molar-refractivity contribution in [3.05, 3.63) is 47.6 Å². The average Bonchev–Trinajstić information content (AvgIpc) is 2.63. The fraction of sp³-hybridized carbons (Fsp3) is 0.333. The first-order chi connectivity index (χ1) is 12.8. The van der Waals surface area contributed by atoms with Gasteiger partial charge >= 0.3 is 6.18 Å². The van der Waals surface area contributed by atoms with Gasteiger partial charge < -0.3 is 10.6 Å². The molecule has 4 nitrogen and oxygen atoms in total. The molecule has 0 saturated carbocycles. The molecule has 0 atom stereocenters. The number of aromatic amines is 1. The molecule has 1 aliphatic rings. The molecule has 0 amide bonds. The van der Waals surface area contributed by atoms with E-state index >= 15 is 0 Å². The lowest BCUT2D eigenvalue weighted by Gasteiger charge is -2.29. The van der Waals surface area contributed by atoms with Gasteiger partial charge in [0.1, 0.15) is 5.69 Å². The van der Waals surface area contributed by atoms with E-state index in [1.807, 2.05) is 11.0 Å². The van der Waals surface area contributed by atoms with Crippen molar-refractivity contribution in [2.45, 2.75) is 19.0 Å². The lowest BCUT2D eigenvalue weighted by Crippen LogP contribution is -2.41. The van der Waals surface area contributed by atoms with Crippen molar-refractivity contribution in [2.24, 2.45) is 5.92 Å². The number of rotatable bonds is 3. The summed E-state index contributed by atoms with van der Waals surface area (Å²) in [6, 6.07) is 10.7. The van der Waals surface area contributed by atoms with Crippen molar-refractivity contribution in [3.63, 3.8) is 0 Å². The van der Waals surface area contributed by atoms with Gasteiger partial charge in [-0.15, -0.1) is 0 Å². The third kappa shape index (κ3) is 5.23. The molecule has 3 rings (SSSR count). The molecule has 0 bridgehead atoms. The highest BCUT2D eigenvalue weighted by Crippen LogP contribution is 2.35. The van der Waals surface area contributed by atoms with Crippen LogP contribution in [0.1, 0.15) is 12.8 Å². The highest BCUT2D eigenvalue weighted by Gasteiger charge is 2.43. The van der Waals surface area contributed by atoms with Crippen LogP contribution in [-0.4, -0.2) is 24.4 Å². The minimum Gasteiger partial charge on any atom is -0.332 e. The predicted molar refractivity (Wildman–Crippen MR) is 105 cm³/mol. The van der Waals surface area contributed by atoms with E-state index in [1.54, 1.807) is 36.5 Å². The van der Waals surface area contributed by atoms with E-state index in [4.69, 9.17) is 23.8 Å². The summed E-state index contributed by atoms with van der Waals surface area (Å²) in [7, 11) is 0. The van der Waals surface area contributed by atoms with Crippen LogP contribution < -0.4 is 20.5 Å². The number of H-pyrrole nitrogens is 1. The molecule has 0 radical (unpaired) electrons. The van der Waals surface area contributed by atoms with Gasteiger partial charge in [0, 0.05) is 10.7 Å². The second-order valence-corrected chi connectivity index (χ2v) is 7.17. The van der Waals surface area contributed by atoms with Gasteiger partial charge in [0.15, 0.2) is 5.11 Å². The molecular formula is C18H19ClF3N4S+. The number of hydrogen-bond acceptors (Lipinski definition) is 2. The van der Waals surface area contributed by atoms with Gasteiger partial charge in [-0.25, -0.2) is 4.98 Å². The van der Waals surface area contributed by atoms with E-state index in [-0.39, 0.29) is 12.8 Å². The number of benzene rings is 1. The number of nitrogens with zero attached hydrogens (tertiary/aromatic N) is 1. The van der Waals surface area contributed by atoms with Crippen LogP contribution >= 0.6 is 23.8 Å². The Bertz CT molecular complexity index is 790. The minimum absolute atomic E-state index is 0.0825. The molecule has 2 heterocycles. The number of halogens is 4. The Morgan fingerprint density at radius 3 is 2.41 bits per heavy atom. The summed E-state index contributed by atoms with van der Waals surface area (Å²) in [6.45, 7) is 0.660. The van der Waals surface area contributed by atoms with E-state index in [2.05, 4.69) is 15.6 Å². The fourth-order valence-electron chi connectivity index (χ4n) is 3.04. The van der Waals surface area contributed by atoms with Crippen molar-refractivity contribution in [1.82, 2.24) is 0 Å². The summed E-state index contributed by atoms with van der Waals surface area (Å²) in [5.41, 5.74) is 1.48. The molecule has 144 valence electrons. The minimum atomic E-state index is -4.13. The quantitative estimate of drug-likeness (QED) is 0.710. The van der Waals surface area contributed by atoms with Gasteiger partial charge in [-0.05, 0) is 61.5 Å². The van der Waals surface area contributed by atoms with Crippen LogP contribution in [0.15, 0.2) is 42.6 Å². The molecule has 1 aromatic heterocycles. The summed E-state index contributed by atoms with van der Waals surface area (Å²) in [6.07, 6.45) is -2.22. The monoisotopic (exact) mass is 415 g/mol. The Hall–Kier alpha value is -2.06. The summed E-state index contributed by atoms with van der Waals surface area (Å²) in [4.78, 5) is 5.03. The summed E-state index contributed by atoms with van der Waals surface area (Å²) in [5.74, 6) is -0.514. The first kappa shape index (κ1) is 19.7. The van der Waals surface area contributed by atoms with Gasteiger partial charge in [-0.1, -0.05) is 11.6 Å². The van der Waals surface area contributed by atoms with E-state index in [1.165, 1.54) is 0 Å². The molecule has 27 heavy (non-hydrogen) atoms. The number of hydrogen-bond donors (Lipinski definition) is 2. The Morgan fingerprint density at radius 2 is 1.78 bits per heavy atom. The molecule has 1 aromatic carbocycles. The molecule has 0 aliphatic carbocycles. The number of piperidine rings is 1. The van der Waals surface area contributed by atoms with Gasteiger partial charge in [0.2, 0.25) is 0 Å². The van der Waals surface area contributed by atoms with Crippen molar-refractivity contribution >= 4 is 46.1 Å². The molecule has 1 saturated heterocycles. The second kappa shape index (κ2) is 8.31. The van der Waals surface area contributed by atoms with E-state index in [0.29, 0.717) is 28.9 Å². The largest absolute Gasteiger partial charge is 0.392 e. The normalized spacial score (nSPS) is 15.5. The first-order valence-corrected chi connectivity index (χ1v) is 9.27. The van der Waals surface area contributed by atoms with E-state index < -0.39 is 12.1 Å². The highest BCUT2D eigenvalue weighted by atomic mass is 35.5. The van der Waals surface area contributed by atoms with Crippen LogP contribution in [0.25, 0.3) is 0 Å². The first-order valence-electron chi connectivity index (χ1n) is 8.49. The molecule has 1 aliphatic heterocycles. The number of nitrogens with one attached hydrogen (secondary N) is 3. The molecule has 2 aromatic rings. The Kier molecular flexibility index (Phi) is 6.06.